The maximum Gasteiger partial charge on any atom is 0.297 e. The van der Waals surface area contributed by atoms with Crippen molar-refractivity contribution in [3.63, 3.8) is 0 Å². The molecule has 1 rings (SSSR count). The maximum absolute atomic E-state index is 10.8. The molecule has 0 fully saturated rings. The van der Waals surface area contributed by atoms with Crippen molar-refractivity contribution < 1.29 is 4.92 Å². The quantitative estimate of drug-likeness (QED) is 0.448. The molecule has 0 aliphatic carbocycles. The van der Waals surface area contributed by atoms with E-state index in [9.17, 15) is 10.1 Å². The second kappa shape index (κ2) is 4.23. The Labute approximate surface area is 92.1 Å². The van der Waals surface area contributed by atoms with Gasteiger partial charge in [-0.15, -0.1) is 0 Å². The first-order chi connectivity index (χ1) is 7.02. The summed E-state index contributed by atoms with van der Waals surface area (Å²) in [6, 6.07) is 1.64. The normalized spacial score (nSPS) is 9.73. The van der Waals surface area contributed by atoms with E-state index in [0.717, 1.165) is 0 Å². The minimum Gasteiger partial charge on any atom is -0.264 e. The van der Waals surface area contributed by atoms with Gasteiger partial charge < -0.3 is 0 Å². The summed E-state index contributed by atoms with van der Waals surface area (Å²) in [6.45, 7) is 8.53. The van der Waals surface area contributed by atoms with Crippen LogP contribution >= 0.6 is 11.6 Å². The van der Waals surface area contributed by atoms with Crippen LogP contribution in [0, 0.1) is 17.0 Å². The molecular formula is C10H9ClN2O2. The van der Waals surface area contributed by atoms with Crippen molar-refractivity contribution in [3.05, 3.63) is 38.9 Å². The van der Waals surface area contributed by atoms with Gasteiger partial charge in [0.15, 0.2) is 0 Å². The van der Waals surface area contributed by atoms with Crippen LogP contribution in [0.2, 0.25) is 5.02 Å². The molecule has 5 heteroatoms. The van der Waals surface area contributed by atoms with Gasteiger partial charge >= 0.3 is 0 Å². The number of nitrogens with zero attached hydrogens (tertiary/aromatic N) is 2. The van der Waals surface area contributed by atoms with Crippen LogP contribution in [0.1, 0.15) is 11.1 Å². The van der Waals surface area contributed by atoms with E-state index in [0.29, 0.717) is 16.8 Å². The lowest BCUT2D eigenvalue weighted by molar-refractivity contribution is -0.384. The minimum atomic E-state index is -0.541. The fraction of sp³-hybridized carbons (Fsp3) is 0.100. The summed E-state index contributed by atoms with van der Waals surface area (Å²) in [4.78, 5) is 14.0. The topological polar surface area (TPSA) is 55.5 Å². The van der Waals surface area contributed by atoms with E-state index in [1.165, 1.54) is 6.08 Å². The van der Waals surface area contributed by atoms with E-state index < -0.39 is 4.92 Å². The third kappa shape index (κ3) is 1.89. The molecule has 0 saturated heterocycles. The largest absolute Gasteiger partial charge is 0.297 e. The van der Waals surface area contributed by atoms with Crippen LogP contribution in [0.15, 0.2) is 17.6 Å². The third-order valence-electron chi connectivity index (χ3n) is 2.00. The van der Waals surface area contributed by atoms with Crippen LogP contribution in [0.4, 0.5) is 11.4 Å². The van der Waals surface area contributed by atoms with E-state index in [2.05, 4.69) is 18.3 Å². The molecule has 0 bridgehead atoms. The van der Waals surface area contributed by atoms with Crippen LogP contribution in [0.25, 0.3) is 6.08 Å². The summed E-state index contributed by atoms with van der Waals surface area (Å²) in [5, 5.41) is 10.9. The van der Waals surface area contributed by atoms with Crippen LogP contribution in [0.3, 0.4) is 0 Å². The summed E-state index contributed by atoms with van der Waals surface area (Å²) < 4.78 is 0. The minimum absolute atomic E-state index is 0.113. The van der Waals surface area contributed by atoms with Gasteiger partial charge in [0.2, 0.25) is 0 Å². The van der Waals surface area contributed by atoms with E-state index in [-0.39, 0.29) is 10.7 Å². The van der Waals surface area contributed by atoms with Crippen LogP contribution in [0.5, 0.6) is 0 Å². The second-order valence-corrected chi connectivity index (χ2v) is 3.29. The van der Waals surface area contributed by atoms with Gasteiger partial charge in [0.1, 0.15) is 5.02 Å². The number of rotatable bonds is 3. The molecule has 0 N–H and O–H groups in total. The SMILES string of the molecule is C=Cc1c(N=C)cc(C)c(Cl)c1[N+](=O)[O-]. The van der Waals surface area contributed by atoms with Crippen LogP contribution < -0.4 is 0 Å². The molecule has 0 aliphatic heterocycles. The second-order valence-electron chi connectivity index (χ2n) is 2.91. The van der Waals surface area contributed by atoms with Gasteiger partial charge in [-0.1, -0.05) is 24.3 Å². The Hall–Kier alpha value is -1.68. The molecule has 0 heterocycles. The fourth-order valence-corrected chi connectivity index (χ4v) is 1.51. The smallest absolute Gasteiger partial charge is 0.264 e. The van der Waals surface area contributed by atoms with E-state index >= 15 is 0 Å². The Balaban J connectivity index is 3.71. The summed E-state index contributed by atoms with van der Waals surface area (Å²) in [5.74, 6) is 0. The summed E-state index contributed by atoms with van der Waals surface area (Å²) >= 11 is 5.85. The average Bonchev–Trinajstić information content (AvgIpc) is 2.20. The Bertz CT molecular complexity index is 455. The first kappa shape index (κ1) is 11.4. The van der Waals surface area contributed by atoms with Crippen molar-refractivity contribution in [3.8, 4) is 0 Å². The molecule has 4 nitrogen and oxygen atoms in total. The number of benzene rings is 1. The van der Waals surface area contributed by atoms with Gasteiger partial charge in [0.05, 0.1) is 16.2 Å². The number of halogens is 1. The summed E-state index contributed by atoms with van der Waals surface area (Å²) in [7, 11) is 0. The number of hydrogen-bond acceptors (Lipinski definition) is 3. The predicted molar refractivity (Wildman–Crippen MR) is 62.1 cm³/mol. The molecule has 0 radical (unpaired) electrons. The van der Waals surface area contributed by atoms with Crippen molar-refractivity contribution in [2.75, 3.05) is 0 Å². The first-order valence-electron chi connectivity index (χ1n) is 4.09. The van der Waals surface area contributed by atoms with E-state index in [1.54, 1.807) is 13.0 Å². The molecule has 0 aliphatic rings. The van der Waals surface area contributed by atoms with Crippen molar-refractivity contribution >= 4 is 35.8 Å². The molecule has 1 aromatic carbocycles. The predicted octanol–water partition coefficient (Wildman–Crippen LogP) is 3.53. The molecule has 0 atom stereocenters. The van der Waals surface area contributed by atoms with Crippen molar-refractivity contribution in [1.29, 1.82) is 0 Å². The lowest BCUT2D eigenvalue weighted by atomic mass is 10.1. The molecule has 0 aromatic heterocycles. The molecule has 0 unspecified atom stereocenters. The molecule has 0 amide bonds. The lowest BCUT2D eigenvalue weighted by Gasteiger charge is -2.06. The van der Waals surface area contributed by atoms with Gasteiger partial charge in [0, 0.05) is 0 Å². The van der Waals surface area contributed by atoms with Gasteiger partial charge in [-0.05, 0) is 25.3 Å². The molecular weight excluding hydrogens is 216 g/mol. The average molecular weight is 225 g/mol. The van der Waals surface area contributed by atoms with E-state index in [1.807, 2.05) is 0 Å². The first-order valence-corrected chi connectivity index (χ1v) is 4.47. The zero-order valence-electron chi connectivity index (χ0n) is 8.16. The van der Waals surface area contributed by atoms with Gasteiger partial charge in [0.25, 0.3) is 5.69 Å². The Kier molecular flexibility index (Phi) is 3.21. The molecule has 15 heavy (non-hydrogen) atoms. The highest BCUT2D eigenvalue weighted by Gasteiger charge is 2.22. The van der Waals surface area contributed by atoms with Gasteiger partial charge in [-0.3, -0.25) is 15.1 Å². The lowest BCUT2D eigenvalue weighted by Crippen LogP contribution is -1.95. The van der Waals surface area contributed by atoms with Crippen LogP contribution in [-0.2, 0) is 0 Å². The van der Waals surface area contributed by atoms with Crippen molar-refractivity contribution in [2.45, 2.75) is 6.92 Å². The Morgan fingerprint density at radius 2 is 2.27 bits per heavy atom. The standard InChI is InChI=1S/C10H9ClN2O2/c1-4-7-8(12-3)5-6(2)9(11)10(7)13(14)15/h4-5H,1,3H2,2H3. The monoisotopic (exact) mass is 224 g/mol. The highest BCUT2D eigenvalue weighted by molar-refractivity contribution is 6.34. The number of aliphatic imine (C=N–C) groups is 1. The van der Waals surface area contributed by atoms with Gasteiger partial charge in [-0.2, -0.15) is 0 Å². The number of nitro groups is 1. The zero-order valence-corrected chi connectivity index (χ0v) is 8.91. The fourth-order valence-electron chi connectivity index (χ4n) is 1.28. The molecule has 1 aromatic rings. The molecule has 0 saturated carbocycles. The van der Waals surface area contributed by atoms with E-state index in [4.69, 9.17) is 11.6 Å². The zero-order chi connectivity index (χ0) is 11.6. The molecule has 0 spiro atoms. The Morgan fingerprint density at radius 3 is 2.67 bits per heavy atom. The number of nitro benzene ring substituents is 1. The maximum atomic E-state index is 10.8. The molecule has 78 valence electrons. The Morgan fingerprint density at radius 1 is 1.67 bits per heavy atom. The van der Waals surface area contributed by atoms with Crippen molar-refractivity contribution in [2.24, 2.45) is 4.99 Å². The van der Waals surface area contributed by atoms with Crippen molar-refractivity contribution in [1.82, 2.24) is 0 Å². The highest BCUT2D eigenvalue weighted by Crippen LogP contribution is 2.38. The highest BCUT2D eigenvalue weighted by atomic mass is 35.5. The number of aryl methyl sites for hydroxylation is 1. The van der Waals surface area contributed by atoms with Crippen LogP contribution in [-0.4, -0.2) is 11.6 Å². The number of hydrogen-bond donors (Lipinski definition) is 0. The summed E-state index contributed by atoms with van der Waals surface area (Å²) in [6.07, 6.45) is 1.35. The summed E-state index contributed by atoms with van der Waals surface area (Å²) in [5.41, 5.74) is 1.13. The van der Waals surface area contributed by atoms with Gasteiger partial charge in [-0.25, -0.2) is 0 Å². The third-order valence-corrected chi connectivity index (χ3v) is 2.47.